The zero-order chi connectivity index (χ0) is 22.1. The molecule has 5 rings (SSSR count). The van der Waals surface area contributed by atoms with Crippen LogP contribution >= 0.6 is 22.7 Å². The first-order chi connectivity index (χ1) is 15.6. The minimum atomic E-state index is -0.602. The summed E-state index contributed by atoms with van der Waals surface area (Å²) in [7, 11) is 0. The fourth-order valence-corrected chi connectivity index (χ4v) is 5.31. The second-order valence-corrected chi connectivity index (χ2v) is 9.78. The van der Waals surface area contributed by atoms with Crippen molar-refractivity contribution in [1.82, 2.24) is 0 Å². The van der Waals surface area contributed by atoms with Gasteiger partial charge in [-0.05, 0) is 64.8 Å². The number of carbonyl (C=O) groups is 1. The van der Waals surface area contributed by atoms with E-state index in [1.807, 2.05) is 48.0 Å². The van der Waals surface area contributed by atoms with Crippen molar-refractivity contribution < 1.29 is 13.9 Å². The van der Waals surface area contributed by atoms with Crippen LogP contribution in [0.4, 0.5) is 14.9 Å². The van der Waals surface area contributed by atoms with Gasteiger partial charge in [0.2, 0.25) is 0 Å². The molecule has 162 valence electrons. The van der Waals surface area contributed by atoms with Gasteiger partial charge in [0.15, 0.2) is 5.13 Å². The van der Waals surface area contributed by atoms with Gasteiger partial charge in [-0.2, -0.15) is 15.7 Å². The second-order valence-electron chi connectivity index (χ2n) is 8.00. The molecule has 2 heterocycles. The quantitative estimate of drug-likeness (QED) is 0.311. The molecule has 1 fully saturated rings. The van der Waals surface area contributed by atoms with Crippen LogP contribution in [0.3, 0.4) is 0 Å². The van der Waals surface area contributed by atoms with Crippen molar-refractivity contribution >= 4 is 34.5 Å². The molecular weight excluding hydrogens is 441 g/mol. The van der Waals surface area contributed by atoms with Crippen molar-refractivity contribution in [2.45, 2.75) is 31.8 Å². The van der Waals surface area contributed by atoms with Crippen molar-refractivity contribution in [1.29, 1.82) is 0 Å². The summed E-state index contributed by atoms with van der Waals surface area (Å²) in [4.78, 5) is 13.0. The number of amides is 1. The lowest BCUT2D eigenvalue weighted by Crippen LogP contribution is -2.15. The molecule has 0 unspecified atom stereocenters. The molecule has 0 saturated heterocycles. The Labute approximate surface area is 194 Å². The van der Waals surface area contributed by atoms with E-state index in [2.05, 4.69) is 29.6 Å². The fourth-order valence-electron chi connectivity index (χ4n) is 3.72. The number of halogens is 1. The molecule has 1 atom stereocenters. The summed E-state index contributed by atoms with van der Waals surface area (Å²) >= 11 is 2.55. The van der Waals surface area contributed by atoms with Crippen LogP contribution in [0.15, 0.2) is 71.4 Å². The summed E-state index contributed by atoms with van der Waals surface area (Å²) in [6, 6.07) is 20.0. The maximum absolute atomic E-state index is 14.1. The largest absolute Gasteiger partial charge is 0.441 e. The zero-order valence-corrected chi connectivity index (χ0v) is 19.1. The molecule has 1 aliphatic carbocycles. The number of ether oxygens (including phenoxy) is 1. The highest BCUT2D eigenvalue weighted by atomic mass is 32.1. The number of hydrogen-bond donors (Lipinski definition) is 1. The molecule has 1 amide bonds. The van der Waals surface area contributed by atoms with E-state index < -0.39 is 6.09 Å². The van der Waals surface area contributed by atoms with Crippen LogP contribution in [0.25, 0.3) is 21.6 Å². The minimum Gasteiger partial charge on any atom is -0.441 e. The van der Waals surface area contributed by atoms with E-state index in [0.717, 1.165) is 39.5 Å². The molecule has 3 nitrogen and oxygen atoms in total. The van der Waals surface area contributed by atoms with Crippen LogP contribution in [0.2, 0.25) is 0 Å². The summed E-state index contributed by atoms with van der Waals surface area (Å²) in [5.41, 5.74) is 5.86. The van der Waals surface area contributed by atoms with Gasteiger partial charge in [-0.15, -0.1) is 11.3 Å². The van der Waals surface area contributed by atoms with Gasteiger partial charge in [-0.1, -0.05) is 48.5 Å². The monoisotopic (exact) mass is 463 g/mol. The Bertz CT molecular complexity index is 1210. The van der Waals surface area contributed by atoms with Crippen LogP contribution < -0.4 is 5.32 Å². The smallest absolute Gasteiger partial charge is 0.412 e. The van der Waals surface area contributed by atoms with Crippen molar-refractivity contribution in [3.05, 3.63) is 87.7 Å². The van der Waals surface area contributed by atoms with Gasteiger partial charge in [0, 0.05) is 11.6 Å². The van der Waals surface area contributed by atoms with Crippen molar-refractivity contribution in [2.75, 3.05) is 5.32 Å². The van der Waals surface area contributed by atoms with E-state index in [9.17, 15) is 9.18 Å². The third-order valence-electron chi connectivity index (χ3n) is 5.68. The fraction of sp³-hybridized carbons (Fsp3) is 0.192. The number of benzene rings is 2. The van der Waals surface area contributed by atoms with E-state index >= 15 is 0 Å². The lowest BCUT2D eigenvalue weighted by molar-refractivity contribution is 0.121. The lowest BCUT2D eigenvalue weighted by Gasteiger charge is -2.13. The highest BCUT2D eigenvalue weighted by molar-refractivity contribution is 7.14. The number of carbonyl (C=O) groups excluding carboxylic acids is 1. The van der Waals surface area contributed by atoms with Gasteiger partial charge in [0.1, 0.15) is 6.10 Å². The summed E-state index contributed by atoms with van der Waals surface area (Å²) in [6.45, 7) is 1.81. The van der Waals surface area contributed by atoms with Gasteiger partial charge in [-0.25, -0.2) is 4.79 Å². The molecule has 2 aromatic carbocycles. The number of anilines is 1. The Morgan fingerprint density at radius 3 is 2.31 bits per heavy atom. The van der Waals surface area contributed by atoms with Gasteiger partial charge >= 0.3 is 6.09 Å². The van der Waals surface area contributed by atoms with E-state index in [-0.39, 0.29) is 11.2 Å². The zero-order valence-electron chi connectivity index (χ0n) is 17.5. The van der Waals surface area contributed by atoms with E-state index in [4.69, 9.17) is 4.74 Å². The number of hydrogen-bond acceptors (Lipinski definition) is 4. The lowest BCUT2D eigenvalue weighted by atomic mass is 10.0. The summed E-state index contributed by atoms with van der Waals surface area (Å²) < 4.78 is 19.5. The Hall–Kier alpha value is -2.96. The first kappa shape index (κ1) is 20.9. The molecular formula is C26H22FNO2S2. The van der Waals surface area contributed by atoms with Crippen LogP contribution in [0.5, 0.6) is 0 Å². The topological polar surface area (TPSA) is 38.3 Å². The number of rotatable bonds is 6. The summed E-state index contributed by atoms with van der Waals surface area (Å²) in [5, 5.41) is 6.22. The van der Waals surface area contributed by atoms with Gasteiger partial charge in [-0.3, -0.25) is 5.32 Å². The molecule has 4 aromatic rings. The van der Waals surface area contributed by atoms with E-state index in [0.29, 0.717) is 10.6 Å². The van der Waals surface area contributed by atoms with Crippen molar-refractivity contribution in [2.24, 2.45) is 0 Å². The third kappa shape index (κ3) is 4.61. The Morgan fingerprint density at radius 1 is 1.03 bits per heavy atom. The van der Waals surface area contributed by atoms with Crippen LogP contribution in [0, 0.1) is 5.13 Å². The molecule has 0 bridgehead atoms. The first-order valence-corrected chi connectivity index (χ1v) is 12.3. The standard InChI is InChI=1S/C26H22FNO2S2/c1-16(22-12-13-31-15-22)30-26(29)28-23-14-24(27)32-25(23)21-10-8-20(9-11-21)19-6-4-18(5-7-19)17-2-3-17/h4-17H,2-3H2,1H3,(H,28,29)/t16-/m1/s1. The molecule has 1 saturated carbocycles. The summed E-state index contributed by atoms with van der Waals surface area (Å²) in [5.74, 6) is 0.742. The maximum Gasteiger partial charge on any atom is 0.412 e. The molecule has 0 radical (unpaired) electrons. The third-order valence-corrected chi connectivity index (χ3v) is 7.35. The number of thiophene rings is 2. The Balaban J connectivity index is 1.31. The van der Waals surface area contributed by atoms with Gasteiger partial charge < -0.3 is 4.74 Å². The van der Waals surface area contributed by atoms with E-state index in [1.54, 1.807) is 11.3 Å². The summed E-state index contributed by atoms with van der Waals surface area (Å²) in [6.07, 6.45) is 1.61. The molecule has 32 heavy (non-hydrogen) atoms. The number of nitrogens with one attached hydrogen (secondary N) is 1. The predicted octanol–water partition coefficient (Wildman–Crippen LogP) is 8.47. The average Bonchev–Trinajstić information content (AvgIpc) is 3.37. The molecule has 1 aliphatic rings. The average molecular weight is 464 g/mol. The first-order valence-electron chi connectivity index (χ1n) is 10.6. The molecule has 0 aliphatic heterocycles. The van der Waals surface area contributed by atoms with Crippen LogP contribution in [-0.4, -0.2) is 6.09 Å². The molecule has 6 heteroatoms. The predicted molar refractivity (Wildman–Crippen MR) is 130 cm³/mol. The van der Waals surface area contributed by atoms with Crippen LogP contribution in [-0.2, 0) is 4.74 Å². The van der Waals surface area contributed by atoms with Gasteiger partial charge in [0.25, 0.3) is 0 Å². The highest BCUT2D eigenvalue weighted by Gasteiger charge is 2.23. The van der Waals surface area contributed by atoms with Crippen molar-refractivity contribution in [3.63, 3.8) is 0 Å². The molecule has 2 aromatic heterocycles. The van der Waals surface area contributed by atoms with Gasteiger partial charge in [0.05, 0.1) is 10.6 Å². The van der Waals surface area contributed by atoms with Crippen LogP contribution in [0.1, 0.15) is 42.9 Å². The Kier molecular flexibility index (Phi) is 5.81. The van der Waals surface area contributed by atoms with Crippen molar-refractivity contribution in [3.8, 4) is 21.6 Å². The molecule has 1 N–H and O–H groups in total. The highest BCUT2D eigenvalue weighted by Crippen LogP contribution is 2.41. The van der Waals surface area contributed by atoms with E-state index in [1.165, 1.54) is 24.5 Å². The molecule has 0 spiro atoms. The minimum absolute atomic E-state index is 0.360. The Morgan fingerprint density at radius 2 is 1.69 bits per heavy atom. The normalized spacial score (nSPS) is 14.2. The SMILES string of the molecule is C[C@@H](OC(=O)Nc1cc(F)sc1-c1ccc(-c2ccc(C3CC3)cc2)cc1)c1ccsc1. The second kappa shape index (κ2) is 8.88. The maximum atomic E-state index is 14.1.